The summed E-state index contributed by atoms with van der Waals surface area (Å²) in [5, 5.41) is 4.23. The molecule has 27 heavy (non-hydrogen) atoms. The Morgan fingerprint density at radius 2 is 1.33 bits per heavy atom. The van der Waals surface area contributed by atoms with Gasteiger partial charge in [-0.1, -0.05) is 0 Å². The molecule has 0 spiro atoms. The van der Waals surface area contributed by atoms with Crippen molar-refractivity contribution in [2.45, 2.75) is 0 Å². The Labute approximate surface area is 156 Å². The van der Waals surface area contributed by atoms with Gasteiger partial charge in [0, 0.05) is 12.1 Å². The van der Waals surface area contributed by atoms with Crippen LogP contribution in [0.1, 0.15) is 0 Å². The maximum Gasteiger partial charge on any atom is 0.219 e. The molecule has 0 atom stereocenters. The standard InChI is InChI=1S/C21H20NO4.H2O/c1-23-18-6-5-13-9-17-15-11-20(25-3)19(24-2)10-14(15)7-8-22(17)12-16(13)21(18)26-4;/h5-12H,1-4H3;1H2/q+1;. The van der Waals surface area contributed by atoms with Gasteiger partial charge >= 0.3 is 0 Å². The molecule has 0 saturated heterocycles. The molecule has 0 fully saturated rings. The highest BCUT2D eigenvalue weighted by molar-refractivity contribution is 6.00. The Kier molecular flexibility index (Phi) is 4.92. The van der Waals surface area contributed by atoms with Gasteiger partial charge < -0.3 is 24.4 Å². The number of aromatic nitrogens is 1. The first kappa shape index (κ1) is 18.5. The lowest BCUT2D eigenvalue weighted by Gasteiger charge is -2.11. The van der Waals surface area contributed by atoms with E-state index >= 15 is 0 Å². The lowest BCUT2D eigenvalue weighted by Crippen LogP contribution is -2.20. The molecule has 6 heteroatoms. The van der Waals surface area contributed by atoms with Crippen LogP contribution in [-0.2, 0) is 0 Å². The summed E-state index contributed by atoms with van der Waals surface area (Å²) in [6, 6.07) is 12.2. The van der Waals surface area contributed by atoms with Crippen LogP contribution in [0.2, 0.25) is 0 Å². The van der Waals surface area contributed by atoms with Gasteiger partial charge in [-0.05, 0) is 35.0 Å². The number of nitrogens with zero attached hydrogens (tertiary/aromatic N) is 1. The molecular formula is C21H22NO5+. The van der Waals surface area contributed by atoms with Crippen LogP contribution in [0.5, 0.6) is 23.0 Å². The van der Waals surface area contributed by atoms with Crippen LogP contribution in [0.3, 0.4) is 0 Å². The maximum atomic E-state index is 5.58. The number of fused-ring (bicyclic) bond motifs is 4. The fourth-order valence-corrected chi connectivity index (χ4v) is 3.41. The third kappa shape index (κ3) is 2.84. The zero-order valence-corrected chi connectivity index (χ0v) is 15.7. The third-order valence-corrected chi connectivity index (χ3v) is 4.70. The van der Waals surface area contributed by atoms with E-state index in [-0.39, 0.29) is 5.48 Å². The molecule has 0 saturated carbocycles. The van der Waals surface area contributed by atoms with E-state index in [1.54, 1.807) is 28.4 Å². The molecule has 0 amide bonds. The second-order valence-corrected chi connectivity index (χ2v) is 5.98. The van der Waals surface area contributed by atoms with Crippen LogP contribution in [0.15, 0.2) is 48.8 Å². The van der Waals surface area contributed by atoms with E-state index in [9.17, 15) is 0 Å². The molecule has 140 valence electrons. The van der Waals surface area contributed by atoms with Crippen molar-refractivity contribution in [3.63, 3.8) is 0 Å². The Morgan fingerprint density at radius 3 is 2.00 bits per heavy atom. The smallest absolute Gasteiger partial charge is 0.219 e. The molecule has 6 nitrogen and oxygen atoms in total. The summed E-state index contributed by atoms with van der Waals surface area (Å²) < 4.78 is 24.0. The SMILES string of the molecule is COc1cc2cc[n+]3cc4c(OC)c(OC)ccc4cc3c2cc1OC.O. The van der Waals surface area contributed by atoms with Crippen molar-refractivity contribution in [2.24, 2.45) is 0 Å². The third-order valence-electron chi connectivity index (χ3n) is 4.70. The molecule has 2 aromatic carbocycles. The number of hydrogen-bond acceptors (Lipinski definition) is 4. The van der Waals surface area contributed by atoms with Crippen LogP contribution < -0.4 is 23.3 Å². The predicted molar refractivity (Wildman–Crippen MR) is 104 cm³/mol. The Morgan fingerprint density at radius 1 is 0.667 bits per heavy atom. The van der Waals surface area contributed by atoms with E-state index in [0.29, 0.717) is 11.5 Å². The van der Waals surface area contributed by atoms with Crippen LogP contribution in [0.25, 0.3) is 27.1 Å². The second-order valence-electron chi connectivity index (χ2n) is 5.98. The minimum absolute atomic E-state index is 0. The first-order valence-electron chi connectivity index (χ1n) is 8.24. The summed E-state index contributed by atoms with van der Waals surface area (Å²) in [6.45, 7) is 0. The van der Waals surface area contributed by atoms with E-state index in [0.717, 1.165) is 38.6 Å². The first-order valence-corrected chi connectivity index (χ1v) is 8.24. The van der Waals surface area contributed by atoms with E-state index in [1.165, 1.54) is 0 Å². The molecule has 0 aliphatic heterocycles. The number of hydrogen-bond donors (Lipinski definition) is 0. The quantitative estimate of drug-likeness (QED) is 0.315. The fourth-order valence-electron chi connectivity index (χ4n) is 3.41. The van der Waals surface area contributed by atoms with Crippen molar-refractivity contribution in [3.8, 4) is 23.0 Å². The highest BCUT2D eigenvalue weighted by atomic mass is 16.5. The van der Waals surface area contributed by atoms with Crippen molar-refractivity contribution in [1.82, 2.24) is 0 Å². The van der Waals surface area contributed by atoms with Crippen LogP contribution >= 0.6 is 0 Å². The minimum atomic E-state index is 0. The van der Waals surface area contributed by atoms with Crippen molar-refractivity contribution >= 4 is 27.1 Å². The molecule has 0 aliphatic carbocycles. The first-order chi connectivity index (χ1) is 12.7. The minimum Gasteiger partial charge on any atom is -0.493 e. The van der Waals surface area contributed by atoms with Gasteiger partial charge in [0.15, 0.2) is 35.4 Å². The lowest BCUT2D eigenvalue weighted by atomic mass is 10.1. The van der Waals surface area contributed by atoms with Crippen molar-refractivity contribution in [3.05, 3.63) is 48.8 Å². The van der Waals surface area contributed by atoms with Gasteiger partial charge in [-0.2, -0.15) is 4.40 Å². The molecule has 0 radical (unpaired) electrons. The van der Waals surface area contributed by atoms with Gasteiger partial charge in [-0.25, -0.2) is 0 Å². The topological polar surface area (TPSA) is 72.5 Å². The molecular weight excluding hydrogens is 346 g/mol. The average Bonchev–Trinajstić information content (AvgIpc) is 2.70. The molecule has 0 aliphatic rings. The summed E-state index contributed by atoms with van der Waals surface area (Å²) in [5.41, 5.74) is 1.07. The predicted octanol–water partition coefficient (Wildman–Crippen LogP) is 2.94. The summed E-state index contributed by atoms with van der Waals surface area (Å²) in [5.74, 6) is 2.87. The summed E-state index contributed by atoms with van der Waals surface area (Å²) in [4.78, 5) is 0. The van der Waals surface area contributed by atoms with Gasteiger partial charge in [-0.15, -0.1) is 0 Å². The highest BCUT2D eigenvalue weighted by Gasteiger charge is 2.17. The Balaban J connectivity index is 0.00000210. The summed E-state index contributed by atoms with van der Waals surface area (Å²) in [7, 11) is 6.59. The van der Waals surface area contributed by atoms with Crippen molar-refractivity contribution in [1.29, 1.82) is 0 Å². The Bertz CT molecular complexity index is 1140. The van der Waals surface area contributed by atoms with Gasteiger partial charge in [0.05, 0.1) is 39.2 Å². The van der Waals surface area contributed by atoms with E-state index < -0.39 is 0 Å². The van der Waals surface area contributed by atoms with E-state index in [2.05, 4.69) is 22.7 Å². The fraction of sp³-hybridized carbons (Fsp3) is 0.190. The molecule has 4 rings (SSSR count). The molecule has 2 aromatic heterocycles. The number of ether oxygens (including phenoxy) is 4. The second kappa shape index (κ2) is 7.17. The number of pyridine rings is 2. The molecule has 2 heterocycles. The number of methoxy groups -OCH3 is 4. The van der Waals surface area contributed by atoms with E-state index in [1.807, 2.05) is 30.5 Å². The largest absolute Gasteiger partial charge is 0.493 e. The van der Waals surface area contributed by atoms with Gasteiger partial charge in [0.1, 0.15) is 0 Å². The summed E-state index contributed by atoms with van der Waals surface area (Å²) in [6.07, 6.45) is 4.09. The highest BCUT2D eigenvalue weighted by Crippen LogP contribution is 2.37. The van der Waals surface area contributed by atoms with Crippen molar-refractivity contribution in [2.75, 3.05) is 28.4 Å². The van der Waals surface area contributed by atoms with Gasteiger partial charge in [0.2, 0.25) is 5.52 Å². The zero-order valence-electron chi connectivity index (χ0n) is 15.7. The maximum absolute atomic E-state index is 5.58. The number of benzene rings is 2. The molecule has 4 aromatic rings. The number of rotatable bonds is 4. The Hall–Kier alpha value is -3.25. The van der Waals surface area contributed by atoms with Crippen molar-refractivity contribution < 1.29 is 28.8 Å². The summed E-state index contributed by atoms with van der Waals surface area (Å²) >= 11 is 0. The molecule has 2 N–H and O–H groups in total. The average molecular weight is 368 g/mol. The normalized spacial score (nSPS) is 10.7. The lowest BCUT2D eigenvalue weighted by molar-refractivity contribution is -0.509. The van der Waals surface area contributed by atoms with E-state index in [4.69, 9.17) is 18.9 Å². The monoisotopic (exact) mass is 368 g/mol. The van der Waals surface area contributed by atoms with Gasteiger partial charge in [0.25, 0.3) is 0 Å². The van der Waals surface area contributed by atoms with Gasteiger partial charge in [-0.3, -0.25) is 0 Å². The molecule has 0 unspecified atom stereocenters. The van der Waals surface area contributed by atoms with Crippen LogP contribution in [0, 0.1) is 0 Å². The molecule has 0 bridgehead atoms. The van der Waals surface area contributed by atoms with Crippen LogP contribution in [0.4, 0.5) is 0 Å². The van der Waals surface area contributed by atoms with Crippen LogP contribution in [-0.4, -0.2) is 33.9 Å². The zero-order chi connectivity index (χ0) is 18.3.